The Labute approximate surface area is 233 Å². The van der Waals surface area contributed by atoms with Gasteiger partial charge in [-0.25, -0.2) is 4.79 Å². The van der Waals surface area contributed by atoms with Crippen LogP contribution in [0.15, 0.2) is 79.0 Å². The summed E-state index contributed by atoms with van der Waals surface area (Å²) < 4.78 is 10.7. The molecule has 0 atom stereocenters. The Morgan fingerprint density at radius 3 is 2.42 bits per heavy atom. The Hall–Kier alpha value is -4.81. The van der Waals surface area contributed by atoms with E-state index >= 15 is 0 Å². The van der Waals surface area contributed by atoms with Gasteiger partial charge < -0.3 is 29.6 Å². The van der Waals surface area contributed by atoms with Gasteiger partial charge in [-0.2, -0.15) is 5.26 Å². The van der Waals surface area contributed by atoms with Crippen LogP contribution in [0.1, 0.15) is 16.7 Å². The van der Waals surface area contributed by atoms with E-state index in [4.69, 9.17) is 14.7 Å². The van der Waals surface area contributed by atoms with Crippen LogP contribution in [-0.4, -0.2) is 67.2 Å². The van der Waals surface area contributed by atoms with Crippen LogP contribution in [0.25, 0.3) is 10.9 Å². The number of fused-ring (bicyclic) bond motifs is 1. The largest absolute Gasteiger partial charge is 0.496 e. The Kier molecular flexibility index (Phi) is 9.75. The topological polar surface area (TPSA) is 111 Å². The maximum absolute atomic E-state index is 13.8. The molecule has 9 nitrogen and oxygen atoms in total. The monoisotopic (exact) mass is 539 g/mol. The molecule has 4 aromatic rings. The van der Waals surface area contributed by atoms with Crippen LogP contribution in [0.5, 0.6) is 5.75 Å². The maximum atomic E-state index is 13.8. The number of carbonyl (C=O) groups excluding carboxylic acids is 2. The fourth-order valence-corrected chi connectivity index (χ4v) is 4.47. The molecule has 1 heterocycles. The number of methoxy groups -OCH3 is 2. The molecule has 0 fully saturated rings. The number of carbonyl (C=O) groups is 2. The highest BCUT2D eigenvalue weighted by atomic mass is 16.5. The Bertz CT molecular complexity index is 1480. The van der Waals surface area contributed by atoms with Crippen LogP contribution in [-0.2, 0) is 22.5 Å². The van der Waals surface area contributed by atoms with E-state index in [0.717, 1.165) is 22.0 Å². The van der Waals surface area contributed by atoms with Gasteiger partial charge in [-0.15, -0.1) is 0 Å². The summed E-state index contributed by atoms with van der Waals surface area (Å²) in [6.45, 7) is 1.16. The summed E-state index contributed by atoms with van der Waals surface area (Å²) in [5, 5.41) is 13.0. The van der Waals surface area contributed by atoms with Gasteiger partial charge in [0.25, 0.3) is 0 Å². The van der Waals surface area contributed by atoms with Crippen LogP contribution in [0.2, 0.25) is 0 Å². The van der Waals surface area contributed by atoms with Crippen LogP contribution in [0.3, 0.4) is 0 Å². The van der Waals surface area contributed by atoms with E-state index in [0.29, 0.717) is 36.5 Å². The summed E-state index contributed by atoms with van der Waals surface area (Å²) in [7, 11) is 3.16. The second kappa shape index (κ2) is 13.8. The number of ether oxygens (including phenoxy) is 2. The second-order valence-corrected chi connectivity index (χ2v) is 9.27. The Morgan fingerprint density at radius 1 is 0.925 bits per heavy atom. The van der Waals surface area contributed by atoms with Crippen LogP contribution in [0.4, 0.5) is 10.5 Å². The molecular weight excluding hydrogens is 506 g/mol. The number of aromatic amines is 1. The minimum Gasteiger partial charge on any atom is -0.496 e. The van der Waals surface area contributed by atoms with Crippen molar-refractivity contribution in [3.05, 3.63) is 95.7 Å². The number of urea groups is 1. The highest BCUT2D eigenvalue weighted by Crippen LogP contribution is 2.22. The molecule has 206 valence electrons. The quantitative estimate of drug-likeness (QED) is 0.269. The smallest absolute Gasteiger partial charge is 0.322 e. The molecular formula is C31H33N5O4. The molecule has 9 heteroatoms. The summed E-state index contributed by atoms with van der Waals surface area (Å²) in [6.07, 6.45) is 2.62. The fraction of sp³-hybridized carbons (Fsp3) is 0.258. The number of H-pyrrole nitrogens is 1. The first kappa shape index (κ1) is 28.2. The number of aromatic nitrogens is 1. The number of hydrogen-bond acceptors (Lipinski definition) is 5. The number of nitrogens with one attached hydrogen (secondary N) is 2. The summed E-state index contributed by atoms with van der Waals surface area (Å²) in [5.74, 6) is 0.499. The van der Waals surface area contributed by atoms with Crippen molar-refractivity contribution in [3.8, 4) is 11.8 Å². The number of benzene rings is 3. The van der Waals surface area contributed by atoms with Crippen molar-refractivity contribution in [1.82, 2.24) is 14.8 Å². The number of rotatable bonds is 12. The normalized spacial score (nSPS) is 10.6. The molecule has 3 amide bonds. The van der Waals surface area contributed by atoms with Gasteiger partial charge in [0.1, 0.15) is 12.3 Å². The summed E-state index contributed by atoms with van der Waals surface area (Å²) >= 11 is 0. The maximum Gasteiger partial charge on any atom is 0.322 e. The van der Waals surface area contributed by atoms with Gasteiger partial charge in [0, 0.05) is 55.1 Å². The lowest BCUT2D eigenvalue weighted by molar-refractivity contribution is -0.132. The fourth-order valence-electron chi connectivity index (χ4n) is 4.47. The molecule has 0 aliphatic rings. The summed E-state index contributed by atoms with van der Waals surface area (Å²) in [4.78, 5) is 33.4. The number of para-hydroxylation sites is 2. The molecule has 0 radical (unpaired) electrons. The number of hydrogen-bond donors (Lipinski definition) is 2. The molecule has 3 aromatic carbocycles. The molecule has 1 aromatic heterocycles. The molecule has 0 spiro atoms. The first-order chi connectivity index (χ1) is 19.5. The number of anilines is 1. The van der Waals surface area contributed by atoms with Crippen molar-refractivity contribution in [2.24, 2.45) is 0 Å². The van der Waals surface area contributed by atoms with E-state index < -0.39 is 6.03 Å². The summed E-state index contributed by atoms with van der Waals surface area (Å²) in [6, 6.07) is 23.9. The third-order valence-corrected chi connectivity index (χ3v) is 6.68. The van der Waals surface area contributed by atoms with E-state index in [9.17, 15) is 9.59 Å². The highest BCUT2D eigenvalue weighted by molar-refractivity contribution is 5.92. The minimum absolute atomic E-state index is 0.130. The Balaban J connectivity index is 1.53. The third-order valence-electron chi connectivity index (χ3n) is 6.68. The van der Waals surface area contributed by atoms with Crippen molar-refractivity contribution in [2.75, 3.05) is 45.8 Å². The molecule has 40 heavy (non-hydrogen) atoms. The zero-order chi connectivity index (χ0) is 28.3. The molecule has 0 saturated carbocycles. The van der Waals surface area contributed by atoms with Crippen LogP contribution < -0.4 is 10.1 Å². The lowest BCUT2D eigenvalue weighted by atomic mass is 10.1. The highest BCUT2D eigenvalue weighted by Gasteiger charge is 2.23. The predicted octanol–water partition coefficient (Wildman–Crippen LogP) is 4.80. The van der Waals surface area contributed by atoms with Crippen molar-refractivity contribution < 1.29 is 19.1 Å². The van der Waals surface area contributed by atoms with E-state index in [1.807, 2.05) is 48.7 Å². The molecule has 0 aliphatic heterocycles. The van der Waals surface area contributed by atoms with Gasteiger partial charge in [-0.05, 0) is 48.4 Å². The lowest BCUT2D eigenvalue weighted by Gasteiger charge is -2.28. The molecule has 0 bridgehead atoms. The zero-order valence-corrected chi connectivity index (χ0v) is 22.7. The second-order valence-electron chi connectivity index (χ2n) is 9.27. The van der Waals surface area contributed by atoms with Gasteiger partial charge in [0.2, 0.25) is 5.91 Å². The zero-order valence-electron chi connectivity index (χ0n) is 22.7. The summed E-state index contributed by atoms with van der Waals surface area (Å²) in [5.41, 5.74) is 4.06. The SMILES string of the molecule is COCCN(CC(=O)N(CCc1c[nH]c2ccccc12)Cc1ccccc1OC)C(=O)Nc1ccc(C#N)cc1. The lowest BCUT2D eigenvalue weighted by Crippen LogP contribution is -2.46. The molecule has 4 rings (SSSR count). The molecule has 0 aliphatic carbocycles. The number of nitriles is 1. The van der Waals surface area contributed by atoms with E-state index in [-0.39, 0.29) is 25.6 Å². The van der Waals surface area contributed by atoms with Crippen molar-refractivity contribution in [3.63, 3.8) is 0 Å². The van der Waals surface area contributed by atoms with E-state index in [1.165, 1.54) is 4.90 Å². The minimum atomic E-state index is -0.427. The standard InChI is InChI=1S/C31H33N5O4/c1-39-18-17-36(31(38)34-26-13-11-23(19-32)12-14-26)22-30(37)35(21-25-7-3-6-10-29(25)40-2)16-15-24-20-33-28-9-5-4-8-27(24)28/h3-14,20,33H,15-18,21-22H2,1-2H3,(H,34,38). The van der Waals surface area contributed by atoms with Crippen molar-refractivity contribution >= 4 is 28.5 Å². The van der Waals surface area contributed by atoms with Crippen molar-refractivity contribution in [2.45, 2.75) is 13.0 Å². The van der Waals surface area contributed by atoms with Gasteiger partial charge in [-0.1, -0.05) is 36.4 Å². The Morgan fingerprint density at radius 2 is 1.68 bits per heavy atom. The number of nitrogens with zero attached hydrogens (tertiary/aromatic N) is 3. The van der Waals surface area contributed by atoms with Crippen LogP contribution >= 0.6 is 0 Å². The molecule has 2 N–H and O–H groups in total. The third kappa shape index (κ3) is 7.18. The molecule has 0 saturated heterocycles. The van der Waals surface area contributed by atoms with Gasteiger partial charge in [0.15, 0.2) is 0 Å². The predicted molar refractivity (Wildman–Crippen MR) is 154 cm³/mol. The average molecular weight is 540 g/mol. The first-order valence-corrected chi connectivity index (χ1v) is 13.0. The van der Waals surface area contributed by atoms with Gasteiger partial charge in [-0.3, -0.25) is 4.79 Å². The van der Waals surface area contributed by atoms with Crippen LogP contribution in [0, 0.1) is 11.3 Å². The molecule has 0 unspecified atom stereocenters. The van der Waals surface area contributed by atoms with Gasteiger partial charge in [0.05, 0.1) is 25.3 Å². The van der Waals surface area contributed by atoms with E-state index in [2.05, 4.69) is 22.4 Å². The van der Waals surface area contributed by atoms with Gasteiger partial charge >= 0.3 is 6.03 Å². The van der Waals surface area contributed by atoms with E-state index in [1.54, 1.807) is 43.4 Å². The van der Waals surface area contributed by atoms with Crippen molar-refractivity contribution in [1.29, 1.82) is 5.26 Å². The first-order valence-electron chi connectivity index (χ1n) is 13.0. The average Bonchev–Trinajstić information content (AvgIpc) is 3.40. The number of amides is 3.